The average molecular weight is 363 g/mol. The first-order chi connectivity index (χ1) is 11.6. The zero-order chi connectivity index (χ0) is 16.6. The largest absolute Gasteiger partial charge is 0.296 e. The van der Waals surface area contributed by atoms with E-state index in [4.69, 9.17) is 0 Å². The van der Waals surface area contributed by atoms with Gasteiger partial charge in [0, 0.05) is 32.2 Å². The summed E-state index contributed by atoms with van der Waals surface area (Å²) in [6.07, 6.45) is 2.95. The third-order valence-electron chi connectivity index (χ3n) is 5.19. The zero-order valence-corrected chi connectivity index (χ0v) is 15.2. The number of thiophene rings is 1. The van der Waals surface area contributed by atoms with Crippen molar-refractivity contribution in [1.29, 1.82) is 0 Å². The Morgan fingerprint density at radius 1 is 0.958 bits per heavy atom. The highest BCUT2D eigenvalue weighted by atomic mass is 32.2. The molecule has 0 bridgehead atoms. The Morgan fingerprint density at radius 2 is 1.71 bits per heavy atom. The minimum Gasteiger partial charge on any atom is -0.296 e. The summed E-state index contributed by atoms with van der Waals surface area (Å²) in [7, 11) is -3.29. The van der Waals surface area contributed by atoms with Crippen LogP contribution >= 0.6 is 11.3 Å². The van der Waals surface area contributed by atoms with E-state index >= 15 is 0 Å². The number of hydrogen-bond donors (Lipinski definition) is 0. The molecule has 2 aliphatic heterocycles. The van der Waals surface area contributed by atoms with Crippen LogP contribution in [0.1, 0.15) is 24.0 Å². The van der Waals surface area contributed by atoms with Crippen molar-refractivity contribution in [1.82, 2.24) is 9.21 Å². The highest BCUT2D eigenvalue weighted by Gasteiger charge is 2.33. The molecule has 128 valence electrons. The van der Waals surface area contributed by atoms with Crippen LogP contribution in [0, 0.1) is 0 Å². The van der Waals surface area contributed by atoms with E-state index in [0.29, 0.717) is 23.3 Å². The molecule has 1 fully saturated rings. The molecular formula is C18H22N2O2S2. The fourth-order valence-corrected chi connectivity index (χ4v) is 6.43. The molecule has 0 aliphatic carbocycles. The van der Waals surface area contributed by atoms with E-state index in [1.165, 1.54) is 22.5 Å². The van der Waals surface area contributed by atoms with Crippen molar-refractivity contribution in [3.05, 3.63) is 52.9 Å². The maximum atomic E-state index is 12.6. The molecule has 1 saturated heterocycles. The van der Waals surface area contributed by atoms with Crippen LogP contribution in [0.15, 0.2) is 46.0 Å². The van der Waals surface area contributed by atoms with Crippen LogP contribution in [-0.2, 0) is 23.0 Å². The van der Waals surface area contributed by atoms with Crippen LogP contribution in [0.4, 0.5) is 0 Å². The lowest BCUT2D eigenvalue weighted by Crippen LogP contribution is -2.47. The van der Waals surface area contributed by atoms with Crippen molar-refractivity contribution in [3.63, 3.8) is 0 Å². The Labute approximate surface area is 147 Å². The summed E-state index contributed by atoms with van der Waals surface area (Å²) in [6, 6.07) is 12.7. The molecule has 3 heterocycles. The zero-order valence-electron chi connectivity index (χ0n) is 13.6. The molecule has 4 rings (SSSR count). The first kappa shape index (κ1) is 16.3. The molecule has 0 radical (unpaired) electrons. The quantitative estimate of drug-likeness (QED) is 0.843. The number of fused-ring (bicyclic) bond motifs is 1. The first-order valence-corrected chi connectivity index (χ1v) is 10.8. The maximum absolute atomic E-state index is 12.6. The van der Waals surface area contributed by atoms with Crippen LogP contribution < -0.4 is 0 Å². The Bertz CT molecular complexity index is 794. The predicted octanol–water partition coefficient (Wildman–Crippen LogP) is 2.96. The lowest BCUT2D eigenvalue weighted by atomic mass is 9.96. The molecule has 0 amide bonds. The normalized spacial score (nSPS) is 20.8. The Balaban J connectivity index is 1.40. The Hall–Kier alpha value is -1.21. The number of hydrogen-bond acceptors (Lipinski definition) is 4. The number of nitrogens with zero attached hydrogens (tertiary/aromatic N) is 2. The van der Waals surface area contributed by atoms with Gasteiger partial charge < -0.3 is 0 Å². The molecule has 0 atom stereocenters. The molecule has 2 aromatic rings. The van der Waals surface area contributed by atoms with Gasteiger partial charge in [0.1, 0.15) is 4.21 Å². The second-order valence-corrected chi connectivity index (χ2v) is 9.67. The van der Waals surface area contributed by atoms with Gasteiger partial charge in [0.2, 0.25) is 0 Å². The van der Waals surface area contributed by atoms with E-state index in [1.54, 1.807) is 16.4 Å². The Kier molecular flexibility index (Phi) is 4.47. The summed E-state index contributed by atoms with van der Waals surface area (Å²) < 4.78 is 27.4. The van der Waals surface area contributed by atoms with E-state index in [9.17, 15) is 8.42 Å². The van der Waals surface area contributed by atoms with Gasteiger partial charge in [0.05, 0.1) is 0 Å². The molecular weight excluding hydrogens is 340 g/mol. The van der Waals surface area contributed by atoms with Gasteiger partial charge in [-0.05, 0) is 41.8 Å². The highest BCUT2D eigenvalue weighted by molar-refractivity contribution is 7.91. The van der Waals surface area contributed by atoms with Crippen molar-refractivity contribution in [2.24, 2.45) is 0 Å². The third-order valence-corrected chi connectivity index (χ3v) is 8.46. The van der Waals surface area contributed by atoms with Gasteiger partial charge in [-0.15, -0.1) is 11.3 Å². The fraction of sp³-hybridized carbons (Fsp3) is 0.444. The van der Waals surface area contributed by atoms with Crippen molar-refractivity contribution in [2.45, 2.75) is 36.1 Å². The summed E-state index contributed by atoms with van der Waals surface area (Å²) in [4.78, 5) is 2.54. The van der Waals surface area contributed by atoms with Gasteiger partial charge in [-0.1, -0.05) is 30.3 Å². The van der Waals surface area contributed by atoms with Crippen LogP contribution in [-0.4, -0.2) is 43.3 Å². The summed E-state index contributed by atoms with van der Waals surface area (Å²) in [5.41, 5.74) is 2.89. The second kappa shape index (κ2) is 6.59. The van der Waals surface area contributed by atoms with Crippen molar-refractivity contribution in [2.75, 3.05) is 19.6 Å². The summed E-state index contributed by atoms with van der Waals surface area (Å²) in [5.74, 6) is 0. The van der Waals surface area contributed by atoms with Crippen LogP contribution in [0.25, 0.3) is 0 Å². The third kappa shape index (κ3) is 3.04. The minimum atomic E-state index is -3.29. The average Bonchev–Trinajstić information content (AvgIpc) is 3.17. The lowest BCUT2D eigenvalue weighted by Gasteiger charge is -2.40. The van der Waals surface area contributed by atoms with Gasteiger partial charge in [-0.3, -0.25) is 4.90 Å². The fourth-order valence-electron chi connectivity index (χ4n) is 3.81. The number of sulfonamides is 1. The SMILES string of the molecule is O=S(=O)(c1cccs1)N1CCC(N2CCc3ccccc3C2)CC1. The maximum Gasteiger partial charge on any atom is 0.252 e. The first-order valence-electron chi connectivity index (χ1n) is 8.49. The number of benzene rings is 1. The number of rotatable bonds is 3. The van der Waals surface area contributed by atoms with E-state index in [1.807, 2.05) is 5.38 Å². The smallest absolute Gasteiger partial charge is 0.252 e. The summed E-state index contributed by atoms with van der Waals surface area (Å²) in [6.45, 7) is 3.34. The van der Waals surface area contributed by atoms with E-state index in [-0.39, 0.29) is 0 Å². The molecule has 0 saturated carbocycles. The summed E-state index contributed by atoms with van der Waals surface area (Å²) >= 11 is 1.30. The van der Waals surface area contributed by atoms with Gasteiger partial charge in [-0.25, -0.2) is 8.42 Å². The van der Waals surface area contributed by atoms with Crippen molar-refractivity contribution >= 4 is 21.4 Å². The van der Waals surface area contributed by atoms with Crippen molar-refractivity contribution < 1.29 is 8.42 Å². The lowest BCUT2D eigenvalue weighted by molar-refractivity contribution is 0.126. The minimum absolute atomic E-state index is 0.466. The molecule has 0 N–H and O–H groups in total. The van der Waals surface area contributed by atoms with Crippen LogP contribution in [0.2, 0.25) is 0 Å². The van der Waals surface area contributed by atoms with E-state index in [2.05, 4.69) is 29.2 Å². The summed E-state index contributed by atoms with van der Waals surface area (Å²) in [5, 5.41) is 1.82. The topological polar surface area (TPSA) is 40.6 Å². The molecule has 6 heteroatoms. The van der Waals surface area contributed by atoms with Crippen molar-refractivity contribution in [3.8, 4) is 0 Å². The van der Waals surface area contributed by atoms with Gasteiger partial charge in [-0.2, -0.15) is 4.31 Å². The highest BCUT2D eigenvalue weighted by Crippen LogP contribution is 2.28. The van der Waals surface area contributed by atoms with Gasteiger partial charge >= 0.3 is 0 Å². The molecule has 1 aromatic heterocycles. The molecule has 24 heavy (non-hydrogen) atoms. The molecule has 0 spiro atoms. The van der Waals surface area contributed by atoms with E-state index < -0.39 is 10.0 Å². The molecule has 0 unspecified atom stereocenters. The standard InChI is InChI=1S/C18H22N2O2S2/c21-24(22,18-6-3-13-23-18)20-11-8-17(9-12-20)19-10-7-15-4-1-2-5-16(15)14-19/h1-6,13,17H,7-12,14H2. The van der Waals surface area contributed by atoms with E-state index in [0.717, 1.165) is 32.4 Å². The molecule has 2 aliphatic rings. The number of piperidine rings is 1. The second-order valence-electron chi connectivity index (χ2n) is 6.56. The van der Waals surface area contributed by atoms with Crippen LogP contribution in [0.5, 0.6) is 0 Å². The Morgan fingerprint density at radius 3 is 2.42 bits per heavy atom. The monoisotopic (exact) mass is 362 g/mol. The molecule has 1 aromatic carbocycles. The predicted molar refractivity (Wildman–Crippen MR) is 96.7 cm³/mol. The van der Waals surface area contributed by atoms with Gasteiger partial charge in [0.15, 0.2) is 0 Å². The van der Waals surface area contributed by atoms with Crippen LogP contribution in [0.3, 0.4) is 0 Å². The molecule has 4 nitrogen and oxygen atoms in total. The van der Waals surface area contributed by atoms with Gasteiger partial charge in [0.25, 0.3) is 10.0 Å².